The summed E-state index contributed by atoms with van der Waals surface area (Å²) in [6.45, 7) is 9.20. The SMILES string of the molecule is CC1(C)c2ccccc2-c2ccc(-c3nc(-c4ccc5c(c4)C(C)(C)c4ccccc4-5)nc(-c4ccc5c(c4)c4cc(C#N)ccc4n5-c4ccccc4)n3)cc21. The van der Waals surface area contributed by atoms with Gasteiger partial charge >= 0.3 is 0 Å². The molecule has 0 saturated carbocycles. The first-order chi connectivity index (χ1) is 27.7. The zero-order valence-electron chi connectivity index (χ0n) is 32.2. The van der Waals surface area contributed by atoms with Crippen molar-refractivity contribution in [1.29, 1.82) is 5.26 Å². The van der Waals surface area contributed by atoms with Crippen molar-refractivity contribution in [2.45, 2.75) is 38.5 Å². The van der Waals surface area contributed by atoms with Crippen LogP contribution in [0.15, 0.2) is 152 Å². The van der Waals surface area contributed by atoms with Crippen LogP contribution in [0.1, 0.15) is 55.5 Å². The molecule has 0 unspecified atom stereocenters. The third-order valence-electron chi connectivity index (χ3n) is 12.5. The lowest BCUT2D eigenvalue weighted by Crippen LogP contribution is -2.15. The fourth-order valence-electron chi connectivity index (χ4n) is 9.54. The van der Waals surface area contributed by atoms with Crippen molar-refractivity contribution in [2.24, 2.45) is 0 Å². The topological polar surface area (TPSA) is 67.4 Å². The summed E-state index contributed by atoms with van der Waals surface area (Å²) < 4.78 is 2.26. The van der Waals surface area contributed by atoms with E-state index in [1.54, 1.807) is 0 Å². The van der Waals surface area contributed by atoms with Crippen molar-refractivity contribution in [2.75, 3.05) is 0 Å². The fraction of sp³-hybridized carbons (Fsp3) is 0.115. The van der Waals surface area contributed by atoms with Crippen molar-refractivity contribution in [3.63, 3.8) is 0 Å². The Morgan fingerprint density at radius 2 is 0.877 bits per heavy atom. The van der Waals surface area contributed by atoms with Crippen LogP contribution in [-0.2, 0) is 10.8 Å². The highest BCUT2D eigenvalue weighted by molar-refractivity contribution is 6.10. The molecule has 2 heterocycles. The Bertz CT molecular complexity index is 3070. The molecule has 0 fully saturated rings. The van der Waals surface area contributed by atoms with Gasteiger partial charge in [-0.3, -0.25) is 0 Å². The summed E-state index contributed by atoms with van der Waals surface area (Å²) in [7, 11) is 0. The highest BCUT2D eigenvalue weighted by Crippen LogP contribution is 2.51. The van der Waals surface area contributed by atoms with E-state index in [9.17, 15) is 5.26 Å². The molecule has 0 saturated heterocycles. The quantitative estimate of drug-likeness (QED) is 0.181. The van der Waals surface area contributed by atoms with Gasteiger partial charge < -0.3 is 4.57 Å². The Morgan fingerprint density at radius 1 is 0.439 bits per heavy atom. The number of rotatable bonds is 4. The average Bonchev–Trinajstić information content (AvgIpc) is 3.79. The summed E-state index contributed by atoms with van der Waals surface area (Å²) in [4.78, 5) is 15.8. The number of benzene rings is 7. The number of aromatic nitrogens is 4. The van der Waals surface area contributed by atoms with E-state index in [1.807, 2.05) is 24.3 Å². The Kier molecular flexibility index (Phi) is 6.94. The lowest BCUT2D eigenvalue weighted by molar-refractivity contribution is 0.660. The molecule has 0 bridgehead atoms. The van der Waals surface area contributed by atoms with Gasteiger partial charge in [-0.15, -0.1) is 0 Å². The second-order valence-corrected chi connectivity index (χ2v) is 16.4. The summed E-state index contributed by atoms with van der Waals surface area (Å²) in [5, 5.41) is 11.9. The number of hydrogen-bond acceptors (Lipinski definition) is 4. The maximum absolute atomic E-state index is 9.90. The van der Waals surface area contributed by atoms with Gasteiger partial charge in [0.05, 0.1) is 22.7 Å². The number of para-hydroxylation sites is 1. The minimum absolute atomic E-state index is 0.165. The average molecular weight is 732 g/mol. The largest absolute Gasteiger partial charge is 0.309 e. The molecule has 7 aromatic carbocycles. The smallest absolute Gasteiger partial charge is 0.164 e. The molecule has 0 atom stereocenters. The molecule has 0 N–H and O–H groups in total. The van der Waals surface area contributed by atoms with E-state index in [2.05, 4.69) is 166 Å². The summed E-state index contributed by atoms with van der Waals surface area (Å²) in [6.07, 6.45) is 0. The Labute approximate surface area is 331 Å². The maximum Gasteiger partial charge on any atom is 0.164 e. The molecular weight excluding hydrogens is 695 g/mol. The molecule has 2 aliphatic rings. The van der Waals surface area contributed by atoms with Crippen molar-refractivity contribution in [3.05, 3.63) is 179 Å². The molecule has 2 aromatic heterocycles. The highest BCUT2D eigenvalue weighted by atomic mass is 15.0. The van der Waals surface area contributed by atoms with E-state index in [-0.39, 0.29) is 10.8 Å². The fourth-order valence-corrected chi connectivity index (χ4v) is 9.54. The van der Waals surface area contributed by atoms with Gasteiger partial charge in [-0.2, -0.15) is 5.26 Å². The monoisotopic (exact) mass is 731 g/mol. The second kappa shape index (κ2) is 11.9. The Morgan fingerprint density at radius 3 is 1.42 bits per heavy atom. The van der Waals surface area contributed by atoms with Crippen LogP contribution < -0.4 is 0 Å². The van der Waals surface area contributed by atoms with Gasteiger partial charge in [-0.25, -0.2) is 15.0 Å². The van der Waals surface area contributed by atoms with E-state index in [0.29, 0.717) is 23.0 Å². The van der Waals surface area contributed by atoms with Crippen molar-refractivity contribution in [3.8, 4) is 68.2 Å². The van der Waals surface area contributed by atoms with Crippen LogP contribution in [0.4, 0.5) is 0 Å². The Balaban J connectivity index is 1.13. The predicted molar refractivity (Wildman–Crippen MR) is 230 cm³/mol. The third kappa shape index (κ3) is 4.84. The normalized spacial score (nSPS) is 14.2. The van der Waals surface area contributed by atoms with Crippen molar-refractivity contribution >= 4 is 21.8 Å². The first-order valence-corrected chi connectivity index (χ1v) is 19.5. The van der Waals surface area contributed by atoms with E-state index < -0.39 is 0 Å². The maximum atomic E-state index is 9.90. The molecule has 0 spiro atoms. The molecule has 5 nitrogen and oxygen atoms in total. The number of nitriles is 1. The highest BCUT2D eigenvalue weighted by Gasteiger charge is 2.37. The van der Waals surface area contributed by atoms with Crippen LogP contribution in [0.2, 0.25) is 0 Å². The first-order valence-electron chi connectivity index (χ1n) is 19.5. The summed E-state index contributed by atoms with van der Waals surface area (Å²) in [6, 6.07) is 55.8. The lowest BCUT2D eigenvalue weighted by atomic mass is 9.82. The van der Waals surface area contributed by atoms with Crippen LogP contribution in [0, 0.1) is 11.3 Å². The molecule has 0 aliphatic heterocycles. The van der Waals surface area contributed by atoms with Gasteiger partial charge in [-0.1, -0.05) is 119 Å². The summed E-state index contributed by atoms with van der Waals surface area (Å²) in [5.74, 6) is 1.86. The van der Waals surface area contributed by atoms with Gasteiger partial charge in [0.2, 0.25) is 0 Å². The van der Waals surface area contributed by atoms with E-state index in [0.717, 1.165) is 44.2 Å². The molecule has 270 valence electrons. The van der Waals surface area contributed by atoms with Crippen molar-refractivity contribution in [1.82, 2.24) is 19.5 Å². The minimum Gasteiger partial charge on any atom is -0.309 e. The van der Waals surface area contributed by atoms with Gasteiger partial charge in [0.15, 0.2) is 17.5 Å². The van der Waals surface area contributed by atoms with E-state index in [1.165, 1.54) is 44.5 Å². The molecule has 5 heteroatoms. The summed E-state index contributed by atoms with van der Waals surface area (Å²) >= 11 is 0. The summed E-state index contributed by atoms with van der Waals surface area (Å²) in [5.41, 5.74) is 16.5. The van der Waals surface area contributed by atoms with Crippen molar-refractivity contribution < 1.29 is 0 Å². The van der Waals surface area contributed by atoms with Gasteiger partial charge in [0.1, 0.15) is 0 Å². The Hall–Kier alpha value is -7.16. The standard InChI is InChI=1S/C52H37N5/c1-51(2)42-16-10-8-14-36(42)38-22-19-33(28-44(38)51)49-54-48(55-50(56-49)34-20-23-39-37-15-9-11-17-43(37)52(3,4)45(39)29-34)32-21-25-47-41(27-32)40-26-31(30-53)18-24-46(40)57(47)35-12-6-5-7-13-35/h5-29H,1-4H3. The van der Waals surface area contributed by atoms with E-state index >= 15 is 0 Å². The lowest BCUT2D eigenvalue weighted by Gasteiger charge is -2.22. The van der Waals surface area contributed by atoms with Gasteiger partial charge in [0, 0.05) is 44.0 Å². The van der Waals surface area contributed by atoms with Gasteiger partial charge in [0.25, 0.3) is 0 Å². The number of nitrogens with zero attached hydrogens (tertiary/aromatic N) is 5. The zero-order valence-corrected chi connectivity index (χ0v) is 32.2. The molecule has 0 radical (unpaired) electrons. The molecule has 2 aliphatic carbocycles. The minimum atomic E-state index is -0.165. The number of hydrogen-bond donors (Lipinski definition) is 0. The molecular formula is C52H37N5. The van der Waals surface area contributed by atoms with Crippen LogP contribution in [-0.4, -0.2) is 19.5 Å². The second-order valence-electron chi connectivity index (χ2n) is 16.4. The van der Waals surface area contributed by atoms with Crippen LogP contribution in [0.5, 0.6) is 0 Å². The van der Waals surface area contributed by atoms with Gasteiger partial charge in [-0.05, 0) is 105 Å². The van der Waals surface area contributed by atoms with Crippen LogP contribution >= 0.6 is 0 Å². The number of fused-ring (bicyclic) bond motifs is 9. The van der Waals surface area contributed by atoms with E-state index in [4.69, 9.17) is 15.0 Å². The molecule has 0 amide bonds. The third-order valence-corrected chi connectivity index (χ3v) is 12.5. The molecule has 57 heavy (non-hydrogen) atoms. The van der Waals surface area contributed by atoms with Crippen LogP contribution in [0.25, 0.3) is 83.9 Å². The zero-order chi connectivity index (χ0) is 38.6. The predicted octanol–water partition coefficient (Wildman–Crippen LogP) is 12.5. The first kappa shape index (κ1) is 33.2. The molecule has 11 rings (SSSR count). The van der Waals surface area contributed by atoms with Crippen LogP contribution in [0.3, 0.4) is 0 Å². The molecule has 9 aromatic rings.